The van der Waals surface area contributed by atoms with Crippen LogP contribution in [0.3, 0.4) is 0 Å². The summed E-state index contributed by atoms with van der Waals surface area (Å²) >= 11 is 3.29. The van der Waals surface area contributed by atoms with E-state index in [1.807, 2.05) is 0 Å². The van der Waals surface area contributed by atoms with Crippen LogP contribution < -0.4 is 0 Å². The van der Waals surface area contributed by atoms with E-state index in [0.717, 1.165) is 36.8 Å². The van der Waals surface area contributed by atoms with E-state index in [1.165, 1.54) is 6.07 Å². The van der Waals surface area contributed by atoms with Gasteiger partial charge in [0.25, 0.3) is 5.91 Å². The van der Waals surface area contributed by atoms with Crippen molar-refractivity contribution in [3.8, 4) is 0 Å². The summed E-state index contributed by atoms with van der Waals surface area (Å²) in [7, 11) is 0. The molecule has 1 amide bonds. The number of likely N-dealkylation sites (tertiary alicyclic amines) is 1. The second kappa shape index (κ2) is 5.61. The Morgan fingerprint density at radius 3 is 2.68 bits per heavy atom. The highest BCUT2D eigenvalue weighted by Crippen LogP contribution is 2.37. The molecule has 104 valence electrons. The standard InChI is InChI=1S/C15H19BrFNO/c1-3-15(4-2)7-8-18(10-15)14(19)12-9-11(16)5-6-13(12)17/h5-6,9H,3-4,7-8,10H2,1-2H3. The van der Waals surface area contributed by atoms with E-state index in [2.05, 4.69) is 29.8 Å². The number of carbonyl (C=O) groups is 1. The minimum Gasteiger partial charge on any atom is -0.338 e. The summed E-state index contributed by atoms with van der Waals surface area (Å²) in [5.41, 5.74) is 0.385. The molecule has 1 aromatic rings. The molecule has 0 bridgehead atoms. The van der Waals surface area contributed by atoms with Gasteiger partial charge in [0, 0.05) is 17.6 Å². The molecule has 1 aromatic carbocycles. The number of hydrogen-bond acceptors (Lipinski definition) is 1. The molecule has 0 spiro atoms. The largest absolute Gasteiger partial charge is 0.338 e. The van der Waals surface area contributed by atoms with Gasteiger partial charge in [-0.3, -0.25) is 4.79 Å². The Bertz CT molecular complexity index is 485. The highest BCUT2D eigenvalue weighted by molar-refractivity contribution is 9.10. The van der Waals surface area contributed by atoms with E-state index in [1.54, 1.807) is 17.0 Å². The maximum absolute atomic E-state index is 13.8. The molecular formula is C15H19BrFNO. The number of rotatable bonds is 3. The molecule has 1 aliphatic rings. The van der Waals surface area contributed by atoms with Crippen molar-refractivity contribution in [1.82, 2.24) is 4.90 Å². The third-order valence-corrected chi connectivity index (χ3v) is 4.88. The summed E-state index contributed by atoms with van der Waals surface area (Å²) in [6.45, 7) is 5.80. The SMILES string of the molecule is CCC1(CC)CCN(C(=O)c2cc(Br)ccc2F)C1. The number of benzene rings is 1. The van der Waals surface area contributed by atoms with Gasteiger partial charge < -0.3 is 4.90 Å². The van der Waals surface area contributed by atoms with E-state index >= 15 is 0 Å². The summed E-state index contributed by atoms with van der Waals surface area (Å²) in [6.07, 6.45) is 3.14. The maximum atomic E-state index is 13.8. The average Bonchev–Trinajstić information content (AvgIpc) is 2.86. The molecule has 0 radical (unpaired) electrons. The molecule has 2 nitrogen and oxygen atoms in total. The summed E-state index contributed by atoms with van der Waals surface area (Å²) in [5.74, 6) is -0.638. The topological polar surface area (TPSA) is 20.3 Å². The Kier molecular flexibility index (Phi) is 4.29. The second-order valence-electron chi connectivity index (χ2n) is 5.31. The summed E-state index contributed by atoms with van der Waals surface area (Å²) < 4.78 is 14.5. The first-order valence-corrected chi connectivity index (χ1v) is 7.55. The zero-order valence-electron chi connectivity index (χ0n) is 11.4. The molecule has 1 saturated heterocycles. The van der Waals surface area contributed by atoms with Gasteiger partial charge in [0.15, 0.2) is 0 Å². The van der Waals surface area contributed by atoms with Gasteiger partial charge in [0.05, 0.1) is 5.56 Å². The fourth-order valence-electron chi connectivity index (χ4n) is 2.77. The molecular weight excluding hydrogens is 309 g/mol. The summed E-state index contributed by atoms with van der Waals surface area (Å²) in [5, 5.41) is 0. The summed E-state index contributed by atoms with van der Waals surface area (Å²) in [6, 6.07) is 4.51. The van der Waals surface area contributed by atoms with Crippen molar-refractivity contribution < 1.29 is 9.18 Å². The number of carbonyl (C=O) groups excluding carboxylic acids is 1. The quantitative estimate of drug-likeness (QED) is 0.813. The molecule has 0 N–H and O–H groups in total. The number of nitrogens with zero attached hydrogens (tertiary/aromatic N) is 1. The van der Waals surface area contributed by atoms with E-state index in [-0.39, 0.29) is 16.9 Å². The lowest BCUT2D eigenvalue weighted by atomic mass is 9.82. The van der Waals surface area contributed by atoms with Crippen LogP contribution in [0.1, 0.15) is 43.5 Å². The number of hydrogen-bond donors (Lipinski definition) is 0. The van der Waals surface area contributed by atoms with E-state index in [9.17, 15) is 9.18 Å². The first kappa shape index (κ1) is 14.5. The van der Waals surface area contributed by atoms with Gasteiger partial charge in [0.2, 0.25) is 0 Å². The van der Waals surface area contributed by atoms with Gasteiger partial charge in [-0.25, -0.2) is 4.39 Å². The Labute approximate surface area is 122 Å². The van der Waals surface area contributed by atoms with Crippen molar-refractivity contribution in [2.24, 2.45) is 5.41 Å². The van der Waals surface area contributed by atoms with Crippen molar-refractivity contribution in [3.63, 3.8) is 0 Å². The normalized spacial score (nSPS) is 17.8. The fourth-order valence-corrected chi connectivity index (χ4v) is 3.13. The molecule has 19 heavy (non-hydrogen) atoms. The molecule has 0 unspecified atom stereocenters. The van der Waals surface area contributed by atoms with Crippen LogP contribution in [0.25, 0.3) is 0 Å². The van der Waals surface area contributed by atoms with Crippen LogP contribution in [0.2, 0.25) is 0 Å². The molecule has 0 aliphatic carbocycles. The lowest BCUT2D eigenvalue weighted by molar-refractivity contribution is 0.0765. The Morgan fingerprint density at radius 1 is 1.42 bits per heavy atom. The molecule has 1 aliphatic heterocycles. The number of amides is 1. The van der Waals surface area contributed by atoms with Crippen molar-refractivity contribution in [1.29, 1.82) is 0 Å². The van der Waals surface area contributed by atoms with Crippen LogP contribution in [0, 0.1) is 11.2 Å². The number of halogens is 2. The van der Waals surface area contributed by atoms with E-state index in [4.69, 9.17) is 0 Å². The van der Waals surface area contributed by atoms with Gasteiger partial charge in [-0.2, -0.15) is 0 Å². The van der Waals surface area contributed by atoms with Gasteiger partial charge in [-0.05, 0) is 42.9 Å². The van der Waals surface area contributed by atoms with Gasteiger partial charge in [0.1, 0.15) is 5.82 Å². The third kappa shape index (κ3) is 2.83. The van der Waals surface area contributed by atoms with Crippen LogP contribution in [0.5, 0.6) is 0 Å². The molecule has 0 atom stereocenters. The second-order valence-corrected chi connectivity index (χ2v) is 6.22. The molecule has 2 rings (SSSR count). The predicted molar refractivity (Wildman–Crippen MR) is 77.6 cm³/mol. The maximum Gasteiger partial charge on any atom is 0.256 e. The minimum absolute atomic E-state index is 0.164. The highest BCUT2D eigenvalue weighted by atomic mass is 79.9. The van der Waals surface area contributed by atoms with Gasteiger partial charge in [-0.15, -0.1) is 0 Å². The van der Waals surface area contributed by atoms with Crippen molar-refractivity contribution >= 4 is 21.8 Å². The molecule has 1 fully saturated rings. The zero-order chi connectivity index (χ0) is 14.0. The smallest absolute Gasteiger partial charge is 0.256 e. The van der Waals surface area contributed by atoms with E-state index < -0.39 is 5.82 Å². The third-order valence-electron chi connectivity index (χ3n) is 4.38. The lowest BCUT2D eigenvalue weighted by Gasteiger charge is -2.26. The Hall–Kier alpha value is -0.900. The van der Waals surface area contributed by atoms with Crippen LogP contribution in [0.15, 0.2) is 22.7 Å². The van der Waals surface area contributed by atoms with Crippen molar-refractivity contribution in [2.45, 2.75) is 33.1 Å². The molecule has 0 aromatic heterocycles. The average molecular weight is 328 g/mol. The summed E-state index contributed by atoms with van der Waals surface area (Å²) in [4.78, 5) is 14.2. The Morgan fingerprint density at radius 2 is 2.11 bits per heavy atom. The molecule has 1 heterocycles. The minimum atomic E-state index is -0.446. The van der Waals surface area contributed by atoms with Crippen LogP contribution in [-0.2, 0) is 0 Å². The highest BCUT2D eigenvalue weighted by Gasteiger charge is 2.37. The van der Waals surface area contributed by atoms with Crippen LogP contribution >= 0.6 is 15.9 Å². The van der Waals surface area contributed by atoms with Gasteiger partial charge >= 0.3 is 0 Å². The van der Waals surface area contributed by atoms with E-state index in [0.29, 0.717) is 0 Å². The fraction of sp³-hybridized carbons (Fsp3) is 0.533. The van der Waals surface area contributed by atoms with Crippen LogP contribution in [-0.4, -0.2) is 23.9 Å². The van der Waals surface area contributed by atoms with Gasteiger partial charge in [-0.1, -0.05) is 29.8 Å². The molecule has 0 saturated carbocycles. The predicted octanol–water partition coefficient (Wildman–Crippen LogP) is 4.24. The Balaban J connectivity index is 2.20. The lowest BCUT2D eigenvalue weighted by Crippen LogP contribution is -2.32. The molecule has 4 heteroatoms. The monoisotopic (exact) mass is 327 g/mol. The van der Waals surface area contributed by atoms with Crippen LogP contribution in [0.4, 0.5) is 4.39 Å². The van der Waals surface area contributed by atoms with Crippen molar-refractivity contribution in [2.75, 3.05) is 13.1 Å². The first-order chi connectivity index (χ1) is 9.01. The first-order valence-electron chi connectivity index (χ1n) is 6.75. The zero-order valence-corrected chi connectivity index (χ0v) is 13.0. The van der Waals surface area contributed by atoms with Crippen molar-refractivity contribution in [3.05, 3.63) is 34.1 Å².